The second-order valence-electron chi connectivity index (χ2n) is 17.9. The number of hydrogen-bond acceptors (Lipinski definition) is 6. The third-order valence-electron chi connectivity index (χ3n) is 11.5. The molecule has 0 aromatic rings. The zero-order valence-electron chi connectivity index (χ0n) is 42.9. The fourth-order valence-electron chi connectivity index (χ4n) is 7.42. The molecule has 0 aliphatic carbocycles. The lowest BCUT2D eigenvalue weighted by Crippen LogP contribution is -2.30. The molecule has 0 rings (SSSR count). The first-order chi connectivity index (χ1) is 32.5. The van der Waals surface area contributed by atoms with Crippen molar-refractivity contribution in [2.24, 2.45) is 0 Å². The number of esters is 3. The molecule has 1 atom stereocenters. The SMILES string of the molecule is CC\C=C/C=C\C=C/C=C\C=C\C=C/C=C\CCCCCC(=O)OCC(COC(=O)CCCCCCCCCCCCCC)OC(=O)CCCCCCCCC/C=C\CCCCCCCC. The molecular formula is C60H100O6. The molecule has 0 radical (unpaired) electrons. The topological polar surface area (TPSA) is 78.9 Å². The maximum atomic E-state index is 12.8. The van der Waals surface area contributed by atoms with Crippen LogP contribution >= 0.6 is 0 Å². The fourth-order valence-corrected chi connectivity index (χ4v) is 7.42. The Morgan fingerprint density at radius 1 is 0.318 bits per heavy atom. The number of allylic oxidation sites excluding steroid dienone is 16. The molecule has 0 N–H and O–H groups in total. The Morgan fingerprint density at radius 2 is 0.606 bits per heavy atom. The summed E-state index contributed by atoms with van der Waals surface area (Å²) in [5.74, 6) is -0.942. The van der Waals surface area contributed by atoms with Crippen LogP contribution in [-0.4, -0.2) is 37.2 Å². The van der Waals surface area contributed by atoms with E-state index in [2.05, 4.69) is 45.1 Å². The van der Waals surface area contributed by atoms with E-state index in [1.54, 1.807) is 0 Å². The van der Waals surface area contributed by atoms with E-state index in [1.165, 1.54) is 135 Å². The summed E-state index contributed by atoms with van der Waals surface area (Å²) in [5.41, 5.74) is 0. The van der Waals surface area contributed by atoms with Crippen LogP contribution in [0.25, 0.3) is 0 Å². The second-order valence-corrected chi connectivity index (χ2v) is 17.9. The van der Waals surface area contributed by atoms with Gasteiger partial charge in [-0.2, -0.15) is 0 Å². The van der Waals surface area contributed by atoms with Crippen LogP contribution in [0.5, 0.6) is 0 Å². The van der Waals surface area contributed by atoms with Crippen molar-refractivity contribution in [3.8, 4) is 0 Å². The lowest BCUT2D eigenvalue weighted by Gasteiger charge is -2.18. The van der Waals surface area contributed by atoms with Gasteiger partial charge in [0.15, 0.2) is 6.10 Å². The van der Waals surface area contributed by atoms with Gasteiger partial charge >= 0.3 is 17.9 Å². The van der Waals surface area contributed by atoms with E-state index >= 15 is 0 Å². The van der Waals surface area contributed by atoms with Gasteiger partial charge in [0.1, 0.15) is 13.2 Å². The van der Waals surface area contributed by atoms with Crippen molar-refractivity contribution in [2.75, 3.05) is 13.2 Å². The van der Waals surface area contributed by atoms with Crippen molar-refractivity contribution in [2.45, 2.75) is 252 Å². The number of carbonyl (C=O) groups is 3. The van der Waals surface area contributed by atoms with Crippen LogP contribution in [0.4, 0.5) is 0 Å². The van der Waals surface area contributed by atoms with E-state index < -0.39 is 6.10 Å². The van der Waals surface area contributed by atoms with E-state index in [0.29, 0.717) is 19.3 Å². The molecule has 1 unspecified atom stereocenters. The summed E-state index contributed by atoms with van der Waals surface area (Å²) in [6, 6.07) is 0. The zero-order valence-corrected chi connectivity index (χ0v) is 42.9. The molecule has 6 nitrogen and oxygen atoms in total. The molecule has 0 heterocycles. The normalized spacial score (nSPS) is 12.8. The predicted octanol–water partition coefficient (Wildman–Crippen LogP) is 18.1. The molecule has 66 heavy (non-hydrogen) atoms. The van der Waals surface area contributed by atoms with Crippen LogP contribution in [0.1, 0.15) is 245 Å². The molecule has 0 bridgehead atoms. The largest absolute Gasteiger partial charge is 0.462 e. The number of hydrogen-bond donors (Lipinski definition) is 0. The maximum absolute atomic E-state index is 12.8. The standard InChI is InChI=1S/C60H100O6/c1-4-7-10-13-16-19-22-25-27-29-30-32-33-35-38-41-44-47-50-53-59(62)65-56-57(55-64-58(61)52-49-46-43-40-37-24-21-18-15-12-9-6-3)66-60(63)54-51-48-45-42-39-36-34-31-28-26-23-20-17-14-11-8-5-2/h7,10,13,16,19,22,25-30,32-33,35,38,57H,4-6,8-9,11-12,14-15,17-18,20-21,23-24,31,34,36-37,39-56H2,1-3H3/b10-7-,16-13-,22-19-,27-25-,28-26-,30-29+,33-32-,38-35-. The molecular weight excluding hydrogens is 817 g/mol. The van der Waals surface area contributed by atoms with Crippen molar-refractivity contribution < 1.29 is 28.6 Å². The molecule has 0 aliphatic heterocycles. The van der Waals surface area contributed by atoms with Crippen LogP contribution in [0, 0.1) is 0 Å². The molecule has 0 aliphatic rings. The summed E-state index contributed by atoms with van der Waals surface area (Å²) in [5, 5.41) is 0. The Balaban J connectivity index is 4.48. The molecule has 376 valence electrons. The lowest BCUT2D eigenvalue weighted by molar-refractivity contribution is -0.167. The van der Waals surface area contributed by atoms with Crippen molar-refractivity contribution >= 4 is 17.9 Å². The number of ether oxygens (including phenoxy) is 3. The molecule has 0 aromatic carbocycles. The molecule has 0 saturated carbocycles. The third kappa shape index (κ3) is 51.3. The summed E-state index contributed by atoms with van der Waals surface area (Å²) < 4.78 is 16.8. The first kappa shape index (κ1) is 62.3. The van der Waals surface area contributed by atoms with E-state index in [-0.39, 0.29) is 31.1 Å². The van der Waals surface area contributed by atoms with E-state index in [1.807, 2.05) is 72.9 Å². The van der Waals surface area contributed by atoms with Crippen molar-refractivity contribution in [3.63, 3.8) is 0 Å². The lowest BCUT2D eigenvalue weighted by atomic mass is 10.0. The third-order valence-corrected chi connectivity index (χ3v) is 11.5. The number of unbranched alkanes of at least 4 members (excludes halogenated alkanes) is 27. The van der Waals surface area contributed by atoms with E-state index in [9.17, 15) is 14.4 Å². The van der Waals surface area contributed by atoms with Gasteiger partial charge in [0.05, 0.1) is 0 Å². The van der Waals surface area contributed by atoms with Crippen molar-refractivity contribution in [1.82, 2.24) is 0 Å². The van der Waals surface area contributed by atoms with Gasteiger partial charge in [0.25, 0.3) is 0 Å². The monoisotopic (exact) mass is 917 g/mol. The molecule has 6 heteroatoms. The number of carbonyl (C=O) groups excluding carboxylic acids is 3. The summed E-state index contributed by atoms with van der Waals surface area (Å²) in [4.78, 5) is 38.1. The minimum absolute atomic E-state index is 0.0931. The predicted molar refractivity (Wildman–Crippen MR) is 284 cm³/mol. The van der Waals surface area contributed by atoms with Crippen LogP contribution in [0.3, 0.4) is 0 Å². The minimum atomic E-state index is -0.798. The molecule has 0 fully saturated rings. The van der Waals surface area contributed by atoms with E-state index in [0.717, 1.165) is 70.6 Å². The number of rotatable bonds is 48. The summed E-state index contributed by atoms with van der Waals surface area (Å²) >= 11 is 0. The molecule has 0 amide bonds. The first-order valence-electron chi connectivity index (χ1n) is 27.3. The van der Waals surface area contributed by atoms with Gasteiger partial charge in [0.2, 0.25) is 0 Å². The quantitative estimate of drug-likeness (QED) is 0.0199. The highest BCUT2D eigenvalue weighted by atomic mass is 16.6. The van der Waals surface area contributed by atoms with Gasteiger partial charge < -0.3 is 14.2 Å². The van der Waals surface area contributed by atoms with E-state index in [4.69, 9.17) is 14.2 Å². The minimum Gasteiger partial charge on any atom is -0.462 e. The Kier molecular flexibility index (Phi) is 50.9. The summed E-state index contributed by atoms with van der Waals surface area (Å²) in [6.07, 6.45) is 71.0. The van der Waals surface area contributed by atoms with Crippen LogP contribution in [0.15, 0.2) is 97.2 Å². The Hall–Kier alpha value is -3.67. The molecule has 0 aromatic heterocycles. The Bertz CT molecular complexity index is 1330. The summed E-state index contributed by atoms with van der Waals surface area (Å²) in [7, 11) is 0. The van der Waals surface area contributed by atoms with Gasteiger partial charge in [-0.1, -0.05) is 259 Å². The van der Waals surface area contributed by atoms with Gasteiger partial charge in [-0.25, -0.2) is 0 Å². The van der Waals surface area contributed by atoms with Gasteiger partial charge in [-0.05, 0) is 64.2 Å². The highest BCUT2D eigenvalue weighted by Gasteiger charge is 2.19. The van der Waals surface area contributed by atoms with Crippen LogP contribution in [0.2, 0.25) is 0 Å². The Labute approximate surface area is 407 Å². The van der Waals surface area contributed by atoms with Crippen LogP contribution in [-0.2, 0) is 28.6 Å². The smallest absolute Gasteiger partial charge is 0.306 e. The highest BCUT2D eigenvalue weighted by Crippen LogP contribution is 2.15. The zero-order chi connectivity index (χ0) is 47.9. The molecule has 0 spiro atoms. The summed E-state index contributed by atoms with van der Waals surface area (Å²) in [6.45, 7) is 6.45. The second kappa shape index (κ2) is 53.9. The van der Waals surface area contributed by atoms with Gasteiger partial charge in [0, 0.05) is 19.3 Å². The highest BCUT2D eigenvalue weighted by molar-refractivity contribution is 5.71. The van der Waals surface area contributed by atoms with Gasteiger partial charge in [-0.3, -0.25) is 14.4 Å². The maximum Gasteiger partial charge on any atom is 0.306 e. The fraction of sp³-hybridized carbons (Fsp3) is 0.683. The molecule has 0 saturated heterocycles. The average Bonchev–Trinajstić information content (AvgIpc) is 3.31. The van der Waals surface area contributed by atoms with Crippen molar-refractivity contribution in [3.05, 3.63) is 97.2 Å². The van der Waals surface area contributed by atoms with Crippen LogP contribution < -0.4 is 0 Å². The van der Waals surface area contributed by atoms with Crippen molar-refractivity contribution in [1.29, 1.82) is 0 Å². The average molecular weight is 917 g/mol. The Morgan fingerprint density at radius 3 is 0.985 bits per heavy atom. The first-order valence-corrected chi connectivity index (χ1v) is 27.3. The van der Waals surface area contributed by atoms with Gasteiger partial charge in [-0.15, -0.1) is 0 Å².